The predicted octanol–water partition coefficient (Wildman–Crippen LogP) is 2.11. The molecule has 0 spiro atoms. The normalized spacial score (nSPS) is 9.90. The molecule has 0 amide bonds. The minimum Gasteiger partial charge on any atom is -0.381 e. The van der Waals surface area contributed by atoms with Crippen molar-refractivity contribution in [1.29, 1.82) is 0 Å². The lowest BCUT2D eigenvalue weighted by Gasteiger charge is -1.96. The van der Waals surface area contributed by atoms with Crippen LogP contribution in [0.2, 0.25) is 10.2 Å². The van der Waals surface area contributed by atoms with Gasteiger partial charge in [-0.15, -0.1) is 0 Å². The molecule has 0 saturated carbocycles. The first kappa shape index (κ1) is 7.57. The van der Waals surface area contributed by atoms with E-state index in [1.165, 1.54) is 0 Å². The molecule has 0 bridgehead atoms. The third kappa shape index (κ3) is 1.30. The van der Waals surface area contributed by atoms with E-state index in [0.29, 0.717) is 0 Å². The van der Waals surface area contributed by atoms with Gasteiger partial charge >= 0.3 is 0 Å². The second-order valence-electron chi connectivity index (χ2n) is 1.63. The third-order valence-corrected chi connectivity index (χ3v) is 1.59. The van der Waals surface area contributed by atoms with Gasteiger partial charge in [0.05, 0.1) is 5.02 Å². The zero-order valence-electron chi connectivity index (χ0n) is 4.74. The highest BCUT2D eigenvalue weighted by atomic mass is 35.5. The topological polar surface area (TPSA) is 38.9 Å². The Morgan fingerprint density at radius 3 is 2.60 bits per heavy atom. The molecule has 1 aromatic rings. The number of hydrogen-bond acceptors (Lipinski definition) is 2. The number of anilines is 1. The van der Waals surface area contributed by atoms with Gasteiger partial charge in [-0.2, -0.15) is 0 Å². The molecule has 5 heteroatoms. The van der Waals surface area contributed by atoms with Gasteiger partial charge in [-0.25, -0.2) is 9.37 Å². The van der Waals surface area contributed by atoms with E-state index in [1.54, 1.807) is 0 Å². The quantitative estimate of drug-likeness (QED) is 0.622. The van der Waals surface area contributed by atoms with Crippen LogP contribution in [0.25, 0.3) is 0 Å². The number of rotatable bonds is 0. The monoisotopic (exact) mass is 180 g/mol. The van der Waals surface area contributed by atoms with E-state index in [1.807, 2.05) is 0 Å². The molecule has 1 heterocycles. The number of nitrogens with two attached hydrogens (primary N) is 1. The van der Waals surface area contributed by atoms with Crippen LogP contribution in [-0.2, 0) is 0 Å². The number of nitrogen functional groups attached to an aromatic ring is 1. The zero-order chi connectivity index (χ0) is 7.72. The van der Waals surface area contributed by atoms with E-state index in [9.17, 15) is 4.39 Å². The molecule has 0 aromatic carbocycles. The van der Waals surface area contributed by atoms with Crippen LogP contribution < -0.4 is 5.73 Å². The summed E-state index contributed by atoms with van der Waals surface area (Å²) in [6, 6.07) is 1.02. The maximum Gasteiger partial charge on any atom is 0.166 e. The number of halogens is 3. The van der Waals surface area contributed by atoms with E-state index in [2.05, 4.69) is 4.98 Å². The van der Waals surface area contributed by atoms with Crippen molar-refractivity contribution in [1.82, 2.24) is 4.98 Å². The summed E-state index contributed by atoms with van der Waals surface area (Å²) in [7, 11) is 0. The summed E-state index contributed by atoms with van der Waals surface area (Å²) < 4.78 is 12.4. The first-order chi connectivity index (χ1) is 4.61. The van der Waals surface area contributed by atoms with Gasteiger partial charge in [0.2, 0.25) is 0 Å². The fourth-order valence-electron chi connectivity index (χ4n) is 0.457. The van der Waals surface area contributed by atoms with Gasteiger partial charge in [-0.1, -0.05) is 23.2 Å². The summed E-state index contributed by atoms with van der Waals surface area (Å²) in [5.74, 6) is -0.899. The third-order valence-electron chi connectivity index (χ3n) is 0.914. The molecule has 0 aliphatic carbocycles. The SMILES string of the molecule is Nc1nc(Cl)c(Cl)cc1F. The van der Waals surface area contributed by atoms with Gasteiger partial charge in [0.15, 0.2) is 11.6 Å². The van der Waals surface area contributed by atoms with Crippen molar-refractivity contribution >= 4 is 29.0 Å². The van der Waals surface area contributed by atoms with Crippen LogP contribution in [0.5, 0.6) is 0 Å². The van der Waals surface area contributed by atoms with Crippen molar-refractivity contribution in [2.24, 2.45) is 0 Å². The maximum atomic E-state index is 12.4. The molecule has 0 unspecified atom stereocenters. The maximum absolute atomic E-state index is 12.4. The van der Waals surface area contributed by atoms with Crippen LogP contribution in [0.4, 0.5) is 10.2 Å². The van der Waals surface area contributed by atoms with Gasteiger partial charge < -0.3 is 5.73 Å². The molecular formula is C5H3Cl2FN2. The molecule has 10 heavy (non-hydrogen) atoms. The average Bonchev–Trinajstić information content (AvgIpc) is 1.84. The number of nitrogens with zero attached hydrogens (tertiary/aromatic N) is 1. The predicted molar refractivity (Wildman–Crippen MR) is 38.6 cm³/mol. The van der Waals surface area contributed by atoms with Crippen LogP contribution in [0.15, 0.2) is 6.07 Å². The number of hydrogen-bond donors (Lipinski definition) is 1. The Morgan fingerprint density at radius 1 is 1.50 bits per heavy atom. The van der Waals surface area contributed by atoms with Gasteiger partial charge in [0.1, 0.15) is 5.15 Å². The molecule has 0 aliphatic heterocycles. The minimum absolute atomic E-state index is 0.0144. The molecule has 0 radical (unpaired) electrons. The van der Waals surface area contributed by atoms with Crippen molar-refractivity contribution in [3.63, 3.8) is 0 Å². The van der Waals surface area contributed by atoms with Crippen molar-refractivity contribution in [2.45, 2.75) is 0 Å². The Balaban J connectivity index is 3.28. The largest absolute Gasteiger partial charge is 0.381 e. The average molecular weight is 181 g/mol. The van der Waals surface area contributed by atoms with E-state index >= 15 is 0 Å². The summed E-state index contributed by atoms with van der Waals surface area (Å²) in [6.45, 7) is 0. The lowest BCUT2D eigenvalue weighted by atomic mass is 10.4. The van der Waals surface area contributed by atoms with Gasteiger partial charge in [-0.3, -0.25) is 0 Å². The molecule has 1 aromatic heterocycles. The Labute approximate surface area is 66.8 Å². The fraction of sp³-hybridized carbons (Fsp3) is 0. The Hall–Kier alpha value is -0.540. The van der Waals surface area contributed by atoms with Crippen molar-refractivity contribution in [3.05, 3.63) is 22.1 Å². The van der Waals surface area contributed by atoms with Gasteiger partial charge in [-0.05, 0) is 6.07 Å². The summed E-state index contributed by atoms with van der Waals surface area (Å²) in [5, 5.41) is 0.0777. The van der Waals surface area contributed by atoms with E-state index in [4.69, 9.17) is 28.9 Å². The summed E-state index contributed by atoms with van der Waals surface area (Å²) in [4.78, 5) is 3.41. The molecule has 0 saturated heterocycles. The molecular weight excluding hydrogens is 178 g/mol. The van der Waals surface area contributed by atoms with E-state index in [-0.39, 0.29) is 16.0 Å². The first-order valence-corrected chi connectivity index (χ1v) is 3.14. The van der Waals surface area contributed by atoms with Crippen LogP contribution >= 0.6 is 23.2 Å². The highest BCUT2D eigenvalue weighted by Gasteiger charge is 2.04. The molecule has 0 fully saturated rings. The van der Waals surface area contributed by atoms with E-state index < -0.39 is 5.82 Å². The molecule has 0 aliphatic rings. The summed E-state index contributed by atoms with van der Waals surface area (Å²) in [5.41, 5.74) is 5.06. The standard InChI is InChI=1S/C5H3Cl2FN2/c6-2-1-3(8)5(9)10-4(2)7/h1H,(H2,9,10). The summed E-state index contributed by atoms with van der Waals surface area (Å²) >= 11 is 10.8. The van der Waals surface area contributed by atoms with Crippen LogP contribution in [0, 0.1) is 5.82 Å². The molecule has 54 valence electrons. The second kappa shape index (κ2) is 2.60. The number of pyridine rings is 1. The fourth-order valence-corrected chi connectivity index (χ4v) is 0.741. The second-order valence-corrected chi connectivity index (χ2v) is 2.39. The molecule has 0 atom stereocenters. The van der Waals surface area contributed by atoms with Crippen molar-refractivity contribution < 1.29 is 4.39 Å². The molecule has 2 N–H and O–H groups in total. The van der Waals surface area contributed by atoms with Gasteiger partial charge in [0, 0.05) is 0 Å². The lowest BCUT2D eigenvalue weighted by molar-refractivity contribution is 0.627. The van der Waals surface area contributed by atoms with Crippen molar-refractivity contribution in [2.75, 3.05) is 5.73 Å². The molecule has 1 rings (SSSR count). The van der Waals surface area contributed by atoms with Crippen LogP contribution in [0.1, 0.15) is 0 Å². The molecule has 2 nitrogen and oxygen atoms in total. The van der Waals surface area contributed by atoms with Gasteiger partial charge in [0.25, 0.3) is 0 Å². The highest BCUT2D eigenvalue weighted by Crippen LogP contribution is 2.22. The highest BCUT2D eigenvalue weighted by molar-refractivity contribution is 6.41. The zero-order valence-corrected chi connectivity index (χ0v) is 6.25. The Morgan fingerprint density at radius 2 is 2.10 bits per heavy atom. The first-order valence-electron chi connectivity index (χ1n) is 2.38. The van der Waals surface area contributed by atoms with Crippen LogP contribution in [-0.4, -0.2) is 4.98 Å². The minimum atomic E-state index is -0.658. The van der Waals surface area contributed by atoms with E-state index in [0.717, 1.165) is 6.07 Å². The Bertz CT molecular complexity index is 214. The Kier molecular flexibility index (Phi) is 1.97. The summed E-state index contributed by atoms with van der Waals surface area (Å²) in [6.07, 6.45) is 0. The lowest BCUT2D eigenvalue weighted by Crippen LogP contribution is -1.94. The smallest absolute Gasteiger partial charge is 0.166 e. The van der Waals surface area contributed by atoms with Crippen LogP contribution in [0.3, 0.4) is 0 Å². The number of aromatic nitrogens is 1. The van der Waals surface area contributed by atoms with Crippen molar-refractivity contribution in [3.8, 4) is 0 Å².